The first-order chi connectivity index (χ1) is 12.7. The number of rotatable bonds is 5. The molecule has 2 aliphatic heterocycles. The van der Waals surface area contributed by atoms with Crippen LogP contribution in [0.5, 0.6) is 0 Å². The number of ether oxygens (including phenoxy) is 3. The minimum atomic E-state index is -1.18. The molecule has 3 rings (SSSR count). The Labute approximate surface area is 160 Å². The average Bonchev–Trinajstić information content (AvgIpc) is 3.07. The number of nitrogens with one attached hydrogen (secondary N) is 2. The number of nitro benzene ring substituents is 1. The van der Waals surface area contributed by atoms with Crippen molar-refractivity contribution >= 4 is 28.7 Å². The molecule has 5 atom stereocenters. The molecule has 2 saturated heterocycles. The summed E-state index contributed by atoms with van der Waals surface area (Å²) in [5, 5.41) is 36.3. The van der Waals surface area contributed by atoms with Crippen molar-refractivity contribution in [2.45, 2.75) is 50.3 Å². The Morgan fingerprint density at radius 2 is 2.11 bits per heavy atom. The summed E-state index contributed by atoms with van der Waals surface area (Å²) in [4.78, 5) is 10.6. The van der Waals surface area contributed by atoms with Gasteiger partial charge < -0.3 is 35.1 Å². The zero-order chi connectivity index (χ0) is 19.8. The van der Waals surface area contributed by atoms with Gasteiger partial charge in [0.25, 0.3) is 5.69 Å². The summed E-state index contributed by atoms with van der Waals surface area (Å²) in [6, 6.07) is 5.43. The fraction of sp³-hybridized carbons (Fsp3) is 0.562. The number of aliphatic hydroxyl groups excluding tert-OH is 2. The van der Waals surface area contributed by atoms with Crippen LogP contribution in [-0.4, -0.2) is 63.3 Å². The topological polar surface area (TPSA) is 135 Å². The monoisotopic (exact) mass is 399 g/mol. The molecular formula is C16H21N3O7S. The molecule has 148 valence electrons. The molecule has 27 heavy (non-hydrogen) atoms. The lowest BCUT2D eigenvalue weighted by atomic mass is 10.0. The van der Waals surface area contributed by atoms with Gasteiger partial charge in [0.15, 0.2) is 17.2 Å². The molecular weight excluding hydrogens is 378 g/mol. The van der Waals surface area contributed by atoms with Crippen molar-refractivity contribution in [2.24, 2.45) is 0 Å². The molecule has 0 saturated carbocycles. The summed E-state index contributed by atoms with van der Waals surface area (Å²) in [6.45, 7) is 2.94. The second kappa shape index (κ2) is 7.62. The van der Waals surface area contributed by atoms with Gasteiger partial charge in [-0.3, -0.25) is 10.1 Å². The minimum Gasteiger partial charge on any atom is -0.394 e. The highest BCUT2D eigenvalue weighted by atomic mass is 32.1. The maximum absolute atomic E-state index is 11.1. The quantitative estimate of drug-likeness (QED) is 0.314. The van der Waals surface area contributed by atoms with Crippen molar-refractivity contribution in [1.82, 2.24) is 5.32 Å². The van der Waals surface area contributed by atoms with Gasteiger partial charge in [-0.15, -0.1) is 0 Å². The van der Waals surface area contributed by atoms with Crippen LogP contribution in [0.15, 0.2) is 24.3 Å². The van der Waals surface area contributed by atoms with Gasteiger partial charge in [-0.05, 0) is 32.1 Å². The molecule has 0 spiro atoms. The molecule has 0 bridgehead atoms. The van der Waals surface area contributed by atoms with Crippen molar-refractivity contribution < 1.29 is 29.3 Å². The third kappa shape index (κ3) is 4.18. The van der Waals surface area contributed by atoms with Gasteiger partial charge in [-0.25, -0.2) is 0 Å². The summed E-state index contributed by atoms with van der Waals surface area (Å²) >= 11 is 5.27. The Balaban J connectivity index is 1.75. The molecule has 10 nitrogen and oxygen atoms in total. The zero-order valence-corrected chi connectivity index (χ0v) is 15.5. The van der Waals surface area contributed by atoms with Gasteiger partial charge in [0.05, 0.1) is 17.6 Å². The molecule has 0 amide bonds. The standard InChI is InChI=1S/C16H21N3O7S/c1-16(2)25-13-11(12(10(21)7-20)24-14(13)26-16)18-15(27)17-8-5-3-4-6-9(8)19(22)23/h3-6,10-14,20-21H,7H2,1-2H3,(H2,17,18,27)/t10-,11+,12-,13-,14-/m1/s1. The molecule has 11 heteroatoms. The molecule has 1 aromatic carbocycles. The Morgan fingerprint density at radius 3 is 2.78 bits per heavy atom. The molecule has 2 fully saturated rings. The number of para-hydroxylation sites is 2. The number of hydrogen-bond donors (Lipinski definition) is 4. The Morgan fingerprint density at radius 1 is 1.41 bits per heavy atom. The molecule has 0 aliphatic carbocycles. The highest BCUT2D eigenvalue weighted by molar-refractivity contribution is 7.80. The van der Waals surface area contributed by atoms with E-state index < -0.39 is 48.0 Å². The van der Waals surface area contributed by atoms with Crippen molar-refractivity contribution in [3.8, 4) is 0 Å². The molecule has 0 radical (unpaired) electrons. The number of nitro groups is 1. The first-order valence-electron chi connectivity index (χ1n) is 8.33. The first-order valence-corrected chi connectivity index (χ1v) is 8.73. The van der Waals surface area contributed by atoms with E-state index in [1.54, 1.807) is 26.0 Å². The normalized spacial score (nSPS) is 29.8. The largest absolute Gasteiger partial charge is 0.394 e. The number of fused-ring (bicyclic) bond motifs is 1. The smallest absolute Gasteiger partial charge is 0.292 e. The minimum absolute atomic E-state index is 0.0852. The highest BCUT2D eigenvalue weighted by Crippen LogP contribution is 2.38. The van der Waals surface area contributed by atoms with Gasteiger partial charge in [-0.2, -0.15) is 0 Å². The second-order valence-corrected chi connectivity index (χ2v) is 7.13. The Bertz CT molecular complexity index is 732. The lowest BCUT2D eigenvalue weighted by Crippen LogP contribution is -2.53. The maximum Gasteiger partial charge on any atom is 0.292 e. The van der Waals surface area contributed by atoms with Crippen LogP contribution in [0, 0.1) is 10.1 Å². The molecule has 0 aromatic heterocycles. The number of aliphatic hydroxyl groups is 2. The molecule has 2 aliphatic rings. The predicted molar refractivity (Wildman–Crippen MR) is 98.0 cm³/mol. The van der Waals surface area contributed by atoms with Crippen LogP contribution in [-0.2, 0) is 14.2 Å². The van der Waals surface area contributed by atoms with Crippen LogP contribution in [0.25, 0.3) is 0 Å². The van der Waals surface area contributed by atoms with Gasteiger partial charge in [0, 0.05) is 6.07 Å². The second-order valence-electron chi connectivity index (χ2n) is 6.72. The SMILES string of the molecule is CC1(C)O[C@H]2O[C@H]([C@H](O)CO)[C@H](NC(=S)Nc3ccccc3[N+](=O)[O-])[C@H]2O1. The van der Waals surface area contributed by atoms with E-state index in [4.69, 9.17) is 26.4 Å². The van der Waals surface area contributed by atoms with Crippen molar-refractivity contribution in [2.75, 3.05) is 11.9 Å². The number of hydrogen-bond acceptors (Lipinski definition) is 8. The van der Waals surface area contributed by atoms with Gasteiger partial charge in [0.2, 0.25) is 0 Å². The summed E-state index contributed by atoms with van der Waals surface area (Å²) in [5.41, 5.74) is 0.0920. The lowest BCUT2D eigenvalue weighted by Gasteiger charge is -2.29. The van der Waals surface area contributed by atoms with E-state index >= 15 is 0 Å². The van der Waals surface area contributed by atoms with Crippen LogP contribution >= 0.6 is 12.2 Å². The van der Waals surface area contributed by atoms with Gasteiger partial charge in [-0.1, -0.05) is 12.1 Å². The third-order valence-electron chi connectivity index (χ3n) is 4.30. The number of benzene rings is 1. The van der Waals surface area contributed by atoms with Crippen molar-refractivity contribution in [3.05, 3.63) is 34.4 Å². The van der Waals surface area contributed by atoms with E-state index in [0.29, 0.717) is 0 Å². The van der Waals surface area contributed by atoms with Crippen molar-refractivity contribution in [3.63, 3.8) is 0 Å². The fourth-order valence-electron chi connectivity index (χ4n) is 3.18. The van der Waals surface area contributed by atoms with Crippen LogP contribution in [0.4, 0.5) is 11.4 Å². The van der Waals surface area contributed by atoms with E-state index in [2.05, 4.69) is 10.6 Å². The number of nitrogens with zero attached hydrogens (tertiary/aromatic N) is 1. The summed E-state index contributed by atoms with van der Waals surface area (Å²) in [5.74, 6) is -0.877. The predicted octanol–water partition coefficient (Wildman–Crippen LogP) is 0.479. The zero-order valence-electron chi connectivity index (χ0n) is 14.7. The third-order valence-corrected chi connectivity index (χ3v) is 4.52. The number of anilines is 1. The number of thiocarbonyl (C=S) groups is 1. The average molecular weight is 399 g/mol. The van der Waals surface area contributed by atoms with E-state index in [1.165, 1.54) is 12.1 Å². The van der Waals surface area contributed by atoms with Gasteiger partial charge >= 0.3 is 0 Å². The Hall–Kier alpha value is -1.89. The van der Waals surface area contributed by atoms with E-state index in [1.807, 2.05) is 0 Å². The highest BCUT2D eigenvalue weighted by Gasteiger charge is 2.56. The van der Waals surface area contributed by atoms with E-state index in [0.717, 1.165) is 0 Å². The van der Waals surface area contributed by atoms with Crippen LogP contribution in [0.3, 0.4) is 0 Å². The van der Waals surface area contributed by atoms with Crippen LogP contribution in [0.2, 0.25) is 0 Å². The Kier molecular flexibility index (Phi) is 5.60. The van der Waals surface area contributed by atoms with Crippen molar-refractivity contribution in [1.29, 1.82) is 0 Å². The maximum atomic E-state index is 11.1. The summed E-state index contributed by atoms with van der Waals surface area (Å²) in [6.07, 6.45) is -3.35. The van der Waals surface area contributed by atoms with Crippen LogP contribution in [0.1, 0.15) is 13.8 Å². The molecule has 4 N–H and O–H groups in total. The fourth-order valence-corrected chi connectivity index (χ4v) is 3.42. The van der Waals surface area contributed by atoms with E-state index in [-0.39, 0.29) is 16.5 Å². The van der Waals surface area contributed by atoms with E-state index in [9.17, 15) is 20.3 Å². The lowest BCUT2D eigenvalue weighted by molar-refractivity contribution is -0.383. The molecule has 0 unspecified atom stereocenters. The molecule has 2 heterocycles. The summed E-state index contributed by atoms with van der Waals surface area (Å²) in [7, 11) is 0. The summed E-state index contributed by atoms with van der Waals surface area (Å²) < 4.78 is 17.2. The first kappa shape index (κ1) is 19.9. The van der Waals surface area contributed by atoms with Crippen LogP contribution < -0.4 is 10.6 Å². The molecule has 1 aromatic rings. The van der Waals surface area contributed by atoms with Gasteiger partial charge in [0.1, 0.15) is 24.0 Å².